The van der Waals surface area contributed by atoms with E-state index in [0.717, 1.165) is 41.0 Å². The molecule has 8 nitrogen and oxygen atoms in total. The van der Waals surface area contributed by atoms with Crippen LogP contribution in [0.5, 0.6) is 5.75 Å². The fraction of sp³-hybridized carbons (Fsp3) is 0.526. The zero-order chi connectivity index (χ0) is 19.6. The van der Waals surface area contributed by atoms with Crippen LogP contribution in [0.4, 0.5) is 0 Å². The second kappa shape index (κ2) is 10.5. The summed E-state index contributed by atoms with van der Waals surface area (Å²) in [6.45, 7) is 8.91. The first-order chi connectivity index (χ1) is 13.0. The number of nitrogens with zero attached hydrogens (tertiary/aromatic N) is 4. The summed E-state index contributed by atoms with van der Waals surface area (Å²) < 4.78 is 12.9. The number of hydrogen-bond acceptors (Lipinski definition) is 5. The van der Waals surface area contributed by atoms with E-state index < -0.39 is 0 Å². The van der Waals surface area contributed by atoms with E-state index in [1.807, 2.05) is 38.5 Å². The summed E-state index contributed by atoms with van der Waals surface area (Å²) in [5, 5.41) is 14.8. The van der Waals surface area contributed by atoms with Crippen LogP contribution in [0.1, 0.15) is 29.7 Å². The van der Waals surface area contributed by atoms with Crippen molar-refractivity contribution in [3.63, 3.8) is 0 Å². The van der Waals surface area contributed by atoms with Crippen molar-refractivity contribution < 1.29 is 9.47 Å². The fourth-order valence-electron chi connectivity index (χ4n) is 2.44. The van der Waals surface area contributed by atoms with Crippen molar-refractivity contribution in [2.24, 2.45) is 12.0 Å². The number of hydrogen-bond donors (Lipinski definition) is 2. The molecular weight excluding hydrogens is 344 g/mol. The van der Waals surface area contributed by atoms with Crippen LogP contribution in [0.2, 0.25) is 0 Å². The third-order valence-electron chi connectivity index (χ3n) is 4.12. The number of rotatable bonds is 9. The predicted octanol–water partition coefficient (Wildman–Crippen LogP) is 1.71. The van der Waals surface area contributed by atoms with Gasteiger partial charge in [-0.3, -0.25) is 0 Å². The molecule has 8 heteroatoms. The molecule has 0 radical (unpaired) electrons. The van der Waals surface area contributed by atoms with E-state index in [9.17, 15) is 0 Å². The van der Waals surface area contributed by atoms with Crippen LogP contribution in [0, 0.1) is 13.8 Å². The lowest BCUT2D eigenvalue weighted by Gasteiger charge is -2.13. The van der Waals surface area contributed by atoms with Crippen molar-refractivity contribution in [1.82, 2.24) is 25.4 Å². The molecule has 0 atom stereocenters. The Bertz CT molecular complexity index is 757. The lowest BCUT2D eigenvalue weighted by molar-refractivity contribution is 0.145. The van der Waals surface area contributed by atoms with Gasteiger partial charge in [0.2, 0.25) is 0 Å². The van der Waals surface area contributed by atoms with Gasteiger partial charge in [0, 0.05) is 26.3 Å². The quantitative estimate of drug-likeness (QED) is 0.395. The first kappa shape index (κ1) is 20.7. The summed E-state index contributed by atoms with van der Waals surface area (Å²) in [5.74, 6) is 3.31. The van der Waals surface area contributed by atoms with Crippen molar-refractivity contribution in [3.8, 4) is 5.75 Å². The van der Waals surface area contributed by atoms with Crippen LogP contribution in [0.15, 0.2) is 23.2 Å². The lowest BCUT2D eigenvalue weighted by Crippen LogP contribution is -2.37. The molecule has 1 heterocycles. The largest absolute Gasteiger partial charge is 0.491 e. The van der Waals surface area contributed by atoms with Gasteiger partial charge in [0.05, 0.1) is 19.7 Å². The molecule has 2 rings (SSSR count). The zero-order valence-corrected chi connectivity index (χ0v) is 16.9. The molecule has 2 aromatic rings. The molecule has 27 heavy (non-hydrogen) atoms. The Morgan fingerprint density at radius 3 is 2.67 bits per heavy atom. The molecule has 1 aromatic heterocycles. The van der Waals surface area contributed by atoms with Gasteiger partial charge < -0.3 is 24.7 Å². The van der Waals surface area contributed by atoms with Gasteiger partial charge >= 0.3 is 0 Å². The Labute approximate surface area is 161 Å². The number of aromatic nitrogens is 3. The Morgan fingerprint density at radius 2 is 2.00 bits per heavy atom. The van der Waals surface area contributed by atoms with Gasteiger partial charge in [0.15, 0.2) is 11.8 Å². The van der Waals surface area contributed by atoms with Gasteiger partial charge in [0.1, 0.15) is 18.2 Å². The fourth-order valence-corrected chi connectivity index (χ4v) is 2.44. The molecule has 0 bridgehead atoms. The van der Waals surface area contributed by atoms with E-state index in [1.54, 1.807) is 7.11 Å². The van der Waals surface area contributed by atoms with Gasteiger partial charge in [-0.1, -0.05) is 12.1 Å². The van der Waals surface area contributed by atoms with Crippen LogP contribution in [0.25, 0.3) is 0 Å². The number of nitrogens with one attached hydrogen (secondary N) is 2. The highest BCUT2D eigenvalue weighted by atomic mass is 16.5. The molecular formula is C19H30N6O2. The van der Waals surface area contributed by atoms with Crippen molar-refractivity contribution in [2.75, 3.05) is 26.9 Å². The van der Waals surface area contributed by atoms with E-state index in [1.165, 1.54) is 0 Å². The van der Waals surface area contributed by atoms with Crippen LogP contribution < -0.4 is 15.4 Å². The highest BCUT2D eigenvalue weighted by molar-refractivity contribution is 5.79. The van der Waals surface area contributed by atoms with Crippen molar-refractivity contribution >= 4 is 5.96 Å². The number of aliphatic imine (C=N–C) groups is 1. The van der Waals surface area contributed by atoms with Gasteiger partial charge in [-0.15, -0.1) is 10.2 Å². The Hall–Kier alpha value is -2.61. The molecule has 2 N–H and O–H groups in total. The molecule has 0 saturated carbocycles. The van der Waals surface area contributed by atoms with Gasteiger partial charge in [-0.05, 0) is 32.4 Å². The standard InChI is InChI=1S/C19H30N6O2/c1-6-20-19(22-13-18-24-23-15(3)25(18)4)21-12-16-8-7-14(2)11-17(16)27-10-9-26-5/h7-8,11H,6,9-10,12-13H2,1-5H3,(H2,20,21,22). The Balaban J connectivity index is 2.06. The van der Waals surface area contributed by atoms with Crippen molar-refractivity contribution in [1.29, 1.82) is 0 Å². The predicted molar refractivity (Wildman–Crippen MR) is 106 cm³/mol. The van der Waals surface area contributed by atoms with E-state index in [0.29, 0.717) is 26.3 Å². The highest BCUT2D eigenvalue weighted by Gasteiger charge is 2.08. The molecule has 0 aliphatic rings. The Morgan fingerprint density at radius 1 is 1.19 bits per heavy atom. The third-order valence-corrected chi connectivity index (χ3v) is 4.12. The maximum Gasteiger partial charge on any atom is 0.191 e. The molecule has 0 unspecified atom stereocenters. The van der Waals surface area contributed by atoms with Crippen LogP contribution in [-0.4, -0.2) is 47.6 Å². The van der Waals surface area contributed by atoms with Crippen molar-refractivity contribution in [3.05, 3.63) is 41.0 Å². The minimum atomic E-state index is 0.510. The molecule has 0 aliphatic heterocycles. The maximum absolute atomic E-state index is 5.84. The van der Waals surface area contributed by atoms with E-state index in [4.69, 9.17) is 9.47 Å². The molecule has 1 aromatic carbocycles. The summed E-state index contributed by atoms with van der Waals surface area (Å²) in [7, 11) is 3.62. The van der Waals surface area contributed by atoms with Crippen LogP contribution >= 0.6 is 0 Å². The minimum Gasteiger partial charge on any atom is -0.491 e. The molecule has 148 valence electrons. The van der Waals surface area contributed by atoms with E-state index in [2.05, 4.69) is 38.0 Å². The summed E-state index contributed by atoms with van der Waals surface area (Å²) in [4.78, 5) is 4.68. The maximum atomic E-state index is 5.84. The van der Waals surface area contributed by atoms with Crippen LogP contribution in [-0.2, 0) is 24.9 Å². The first-order valence-corrected chi connectivity index (χ1v) is 9.13. The summed E-state index contributed by atoms with van der Waals surface area (Å²) in [6, 6.07) is 6.15. The molecule has 0 fully saturated rings. The average molecular weight is 374 g/mol. The van der Waals surface area contributed by atoms with Gasteiger partial charge in [-0.2, -0.15) is 0 Å². The molecule has 0 amide bonds. The van der Waals surface area contributed by atoms with Crippen molar-refractivity contribution in [2.45, 2.75) is 33.9 Å². The number of guanidine groups is 1. The molecule has 0 spiro atoms. The smallest absolute Gasteiger partial charge is 0.191 e. The molecule has 0 aliphatic carbocycles. The Kier molecular flexibility index (Phi) is 8.06. The summed E-state index contributed by atoms with van der Waals surface area (Å²) in [6.07, 6.45) is 0. The first-order valence-electron chi connectivity index (χ1n) is 9.13. The second-order valence-corrected chi connectivity index (χ2v) is 6.22. The zero-order valence-electron chi connectivity index (χ0n) is 16.9. The summed E-state index contributed by atoms with van der Waals surface area (Å²) >= 11 is 0. The highest BCUT2D eigenvalue weighted by Crippen LogP contribution is 2.21. The minimum absolute atomic E-state index is 0.510. The van der Waals surface area contributed by atoms with Gasteiger partial charge in [-0.25, -0.2) is 4.99 Å². The number of ether oxygens (including phenoxy) is 2. The topological polar surface area (TPSA) is 85.6 Å². The average Bonchev–Trinajstić information content (AvgIpc) is 2.97. The number of methoxy groups -OCH3 is 1. The lowest BCUT2D eigenvalue weighted by atomic mass is 10.1. The van der Waals surface area contributed by atoms with E-state index in [-0.39, 0.29) is 0 Å². The van der Waals surface area contributed by atoms with Crippen LogP contribution in [0.3, 0.4) is 0 Å². The van der Waals surface area contributed by atoms with Gasteiger partial charge in [0.25, 0.3) is 0 Å². The SMILES string of the molecule is CCNC(=NCc1ccc(C)cc1OCCOC)NCc1nnc(C)n1C. The van der Waals surface area contributed by atoms with E-state index >= 15 is 0 Å². The monoisotopic (exact) mass is 374 g/mol. The number of benzene rings is 1. The second-order valence-electron chi connectivity index (χ2n) is 6.22. The number of aryl methyl sites for hydroxylation is 2. The normalized spacial score (nSPS) is 11.5. The summed E-state index contributed by atoms with van der Waals surface area (Å²) in [5.41, 5.74) is 2.18. The molecule has 0 saturated heterocycles. The third kappa shape index (κ3) is 6.25.